The van der Waals surface area contributed by atoms with E-state index in [1.165, 1.54) is 4.90 Å². The summed E-state index contributed by atoms with van der Waals surface area (Å²) in [7, 11) is 1.56. The zero-order chi connectivity index (χ0) is 18.9. The molecule has 2 N–H and O–H groups in total. The smallest absolute Gasteiger partial charge is 0.410 e. The molecule has 0 aliphatic carbocycles. The van der Waals surface area contributed by atoms with E-state index in [0.717, 1.165) is 0 Å². The zero-order valence-corrected chi connectivity index (χ0v) is 16.1. The Labute approximate surface area is 145 Å². The van der Waals surface area contributed by atoms with E-state index in [0.29, 0.717) is 25.8 Å². The second kappa shape index (κ2) is 10.3. The Hall–Kier alpha value is -1.63. The molecule has 0 saturated carbocycles. The van der Waals surface area contributed by atoms with Gasteiger partial charge in [0, 0.05) is 26.4 Å². The number of hydrogen-bond acceptors (Lipinski definition) is 5. The van der Waals surface area contributed by atoms with Crippen LogP contribution in [0.15, 0.2) is 0 Å². The van der Waals surface area contributed by atoms with Crippen molar-refractivity contribution in [2.45, 2.75) is 72.4 Å². The van der Waals surface area contributed by atoms with Crippen LogP contribution in [0.25, 0.3) is 0 Å². The SMILES string of the molecule is CCC(=O)CCNNC(=O)[C@H](CC(C)C)N(C)C(=O)OC(C)(C)C. The van der Waals surface area contributed by atoms with Gasteiger partial charge in [0.25, 0.3) is 5.91 Å². The summed E-state index contributed by atoms with van der Waals surface area (Å²) < 4.78 is 5.33. The summed E-state index contributed by atoms with van der Waals surface area (Å²) in [6, 6.07) is -0.644. The van der Waals surface area contributed by atoms with Crippen molar-refractivity contribution in [3.8, 4) is 0 Å². The summed E-state index contributed by atoms with van der Waals surface area (Å²) in [6.45, 7) is 11.5. The van der Waals surface area contributed by atoms with E-state index >= 15 is 0 Å². The number of rotatable bonds is 9. The van der Waals surface area contributed by atoms with E-state index in [2.05, 4.69) is 10.9 Å². The summed E-state index contributed by atoms with van der Waals surface area (Å²) in [5.41, 5.74) is 4.70. The van der Waals surface area contributed by atoms with Crippen molar-refractivity contribution in [1.82, 2.24) is 15.8 Å². The number of Topliss-reactive ketones (excluding diaryl/α,β-unsaturated/α-hetero) is 1. The molecule has 1 atom stereocenters. The van der Waals surface area contributed by atoms with Gasteiger partial charge in [-0.3, -0.25) is 19.9 Å². The Kier molecular flexibility index (Phi) is 9.58. The first-order valence-electron chi connectivity index (χ1n) is 8.48. The first-order valence-corrected chi connectivity index (χ1v) is 8.48. The van der Waals surface area contributed by atoms with Gasteiger partial charge in [0.05, 0.1) is 0 Å². The molecule has 7 nitrogen and oxygen atoms in total. The largest absolute Gasteiger partial charge is 0.444 e. The molecule has 0 heterocycles. The van der Waals surface area contributed by atoms with Crippen molar-refractivity contribution < 1.29 is 19.1 Å². The minimum Gasteiger partial charge on any atom is -0.444 e. The monoisotopic (exact) mass is 343 g/mol. The van der Waals surface area contributed by atoms with Crippen LogP contribution in [-0.2, 0) is 14.3 Å². The minimum atomic E-state index is -0.644. The standard InChI is InChI=1S/C17H33N3O4/c1-8-13(21)9-10-18-19-15(22)14(11-12(2)3)20(7)16(23)24-17(4,5)6/h12,14,18H,8-11H2,1-7H3,(H,19,22)/t14-/m0/s1. The molecule has 0 unspecified atom stereocenters. The molecule has 0 aliphatic rings. The third-order valence-corrected chi connectivity index (χ3v) is 3.28. The number of carbonyl (C=O) groups excluding carboxylic acids is 3. The van der Waals surface area contributed by atoms with Gasteiger partial charge in [-0.05, 0) is 33.1 Å². The normalized spacial score (nSPS) is 12.7. The Morgan fingerprint density at radius 3 is 2.21 bits per heavy atom. The molecule has 7 heteroatoms. The van der Waals surface area contributed by atoms with Crippen LogP contribution in [0.2, 0.25) is 0 Å². The van der Waals surface area contributed by atoms with E-state index in [1.807, 2.05) is 13.8 Å². The first-order chi connectivity index (χ1) is 11.0. The maximum atomic E-state index is 12.4. The molecular formula is C17H33N3O4. The molecule has 0 aliphatic heterocycles. The zero-order valence-electron chi connectivity index (χ0n) is 16.1. The van der Waals surface area contributed by atoms with Crippen molar-refractivity contribution in [2.24, 2.45) is 5.92 Å². The van der Waals surface area contributed by atoms with Gasteiger partial charge in [-0.25, -0.2) is 10.2 Å². The fraction of sp³-hybridized carbons (Fsp3) is 0.824. The molecule has 0 aromatic carbocycles. The summed E-state index contributed by atoms with van der Waals surface area (Å²) >= 11 is 0. The van der Waals surface area contributed by atoms with Crippen LogP contribution in [0.3, 0.4) is 0 Å². The maximum Gasteiger partial charge on any atom is 0.410 e. The molecule has 24 heavy (non-hydrogen) atoms. The Morgan fingerprint density at radius 2 is 1.75 bits per heavy atom. The van der Waals surface area contributed by atoms with Crippen molar-refractivity contribution in [3.63, 3.8) is 0 Å². The molecule has 2 amide bonds. The van der Waals surface area contributed by atoms with Gasteiger partial charge in [-0.2, -0.15) is 0 Å². The van der Waals surface area contributed by atoms with Gasteiger partial charge in [0.2, 0.25) is 0 Å². The highest BCUT2D eigenvalue weighted by Gasteiger charge is 2.30. The van der Waals surface area contributed by atoms with Crippen LogP contribution in [-0.4, -0.2) is 47.9 Å². The van der Waals surface area contributed by atoms with Gasteiger partial charge >= 0.3 is 6.09 Å². The number of nitrogens with zero attached hydrogens (tertiary/aromatic N) is 1. The summed E-state index contributed by atoms with van der Waals surface area (Å²) in [5.74, 6) is 0.0367. The Morgan fingerprint density at radius 1 is 1.17 bits per heavy atom. The van der Waals surface area contributed by atoms with E-state index < -0.39 is 17.7 Å². The minimum absolute atomic E-state index is 0.126. The van der Waals surface area contributed by atoms with Crippen LogP contribution >= 0.6 is 0 Å². The highest BCUT2D eigenvalue weighted by Crippen LogP contribution is 2.15. The number of hydrazine groups is 1. The average Bonchev–Trinajstić information content (AvgIpc) is 2.45. The van der Waals surface area contributed by atoms with Gasteiger partial charge in [-0.1, -0.05) is 20.8 Å². The lowest BCUT2D eigenvalue weighted by atomic mass is 10.0. The number of carbonyl (C=O) groups is 3. The molecule has 0 spiro atoms. The van der Waals surface area contributed by atoms with E-state index in [4.69, 9.17) is 4.74 Å². The second-order valence-corrected chi connectivity index (χ2v) is 7.29. The van der Waals surface area contributed by atoms with Gasteiger partial charge < -0.3 is 4.74 Å². The fourth-order valence-electron chi connectivity index (χ4n) is 1.96. The highest BCUT2D eigenvalue weighted by atomic mass is 16.6. The van der Waals surface area contributed by atoms with Gasteiger partial charge in [-0.15, -0.1) is 0 Å². The van der Waals surface area contributed by atoms with Crippen LogP contribution in [0, 0.1) is 5.92 Å². The molecule has 0 aromatic heterocycles. The van der Waals surface area contributed by atoms with E-state index in [-0.39, 0.29) is 17.6 Å². The van der Waals surface area contributed by atoms with E-state index in [1.54, 1.807) is 34.7 Å². The molecule has 0 saturated heterocycles. The maximum absolute atomic E-state index is 12.4. The third kappa shape index (κ3) is 9.50. The summed E-state index contributed by atoms with van der Waals surface area (Å²) in [5, 5.41) is 0. The lowest BCUT2D eigenvalue weighted by Crippen LogP contribution is -2.53. The topological polar surface area (TPSA) is 87.7 Å². The molecule has 0 bridgehead atoms. The first kappa shape index (κ1) is 22.4. The lowest BCUT2D eigenvalue weighted by Gasteiger charge is -2.30. The van der Waals surface area contributed by atoms with Gasteiger partial charge in [0.1, 0.15) is 17.4 Å². The van der Waals surface area contributed by atoms with Crippen LogP contribution in [0.5, 0.6) is 0 Å². The Balaban J connectivity index is 4.71. The van der Waals surface area contributed by atoms with Crippen molar-refractivity contribution >= 4 is 17.8 Å². The van der Waals surface area contributed by atoms with Crippen LogP contribution in [0.4, 0.5) is 4.79 Å². The number of likely N-dealkylation sites (N-methyl/N-ethyl adjacent to an activating group) is 1. The molecular weight excluding hydrogens is 310 g/mol. The lowest BCUT2D eigenvalue weighted by molar-refractivity contribution is -0.128. The van der Waals surface area contributed by atoms with Crippen molar-refractivity contribution in [1.29, 1.82) is 0 Å². The van der Waals surface area contributed by atoms with Crippen LogP contribution in [0.1, 0.15) is 60.8 Å². The quantitative estimate of drug-likeness (QED) is 0.495. The van der Waals surface area contributed by atoms with Crippen LogP contribution < -0.4 is 10.9 Å². The average molecular weight is 343 g/mol. The van der Waals surface area contributed by atoms with Crippen molar-refractivity contribution in [3.05, 3.63) is 0 Å². The number of nitrogens with one attached hydrogen (secondary N) is 2. The summed E-state index contributed by atoms with van der Waals surface area (Å²) in [6.07, 6.45) is 0.807. The van der Waals surface area contributed by atoms with Crippen molar-refractivity contribution in [2.75, 3.05) is 13.6 Å². The molecule has 0 rings (SSSR count). The fourth-order valence-corrected chi connectivity index (χ4v) is 1.96. The Bertz CT molecular complexity index is 430. The third-order valence-electron chi connectivity index (χ3n) is 3.28. The molecule has 0 radical (unpaired) electrons. The predicted molar refractivity (Wildman–Crippen MR) is 93.3 cm³/mol. The predicted octanol–water partition coefficient (Wildman–Crippen LogP) is 2.26. The summed E-state index contributed by atoms with van der Waals surface area (Å²) in [4.78, 5) is 37.2. The molecule has 0 fully saturated rings. The number of amides is 2. The number of ether oxygens (including phenoxy) is 1. The van der Waals surface area contributed by atoms with Gasteiger partial charge in [0.15, 0.2) is 0 Å². The second-order valence-electron chi connectivity index (χ2n) is 7.29. The molecule has 0 aromatic rings. The highest BCUT2D eigenvalue weighted by molar-refractivity contribution is 5.85. The van der Waals surface area contributed by atoms with E-state index in [9.17, 15) is 14.4 Å². The molecule has 140 valence electrons. The number of ketones is 1. The number of hydrogen-bond donors (Lipinski definition) is 2.